The van der Waals surface area contributed by atoms with Gasteiger partial charge < -0.3 is 11.1 Å². The fourth-order valence-electron chi connectivity index (χ4n) is 4.66. The molecule has 2 aliphatic carbocycles. The van der Waals surface area contributed by atoms with Crippen LogP contribution in [0.15, 0.2) is 18.2 Å². The number of fused-ring (bicyclic) bond motifs is 1. The molecule has 0 spiro atoms. The number of alkyl halides is 3. The van der Waals surface area contributed by atoms with Gasteiger partial charge in [0.05, 0.1) is 22.5 Å². The molecule has 10 heteroatoms. The first-order valence-corrected chi connectivity index (χ1v) is 10.8. The molecule has 2 aromatic rings. The van der Waals surface area contributed by atoms with E-state index >= 15 is 0 Å². The molecule has 0 atom stereocenters. The van der Waals surface area contributed by atoms with Crippen molar-refractivity contribution in [2.45, 2.75) is 64.6 Å². The number of hydrogen-bond acceptors (Lipinski definition) is 5. The van der Waals surface area contributed by atoms with Gasteiger partial charge in [-0.15, -0.1) is 0 Å². The molecule has 7 nitrogen and oxygen atoms in total. The number of carbonyl (C=O) groups is 3. The highest BCUT2D eigenvalue weighted by atomic mass is 19.4. The van der Waals surface area contributed by atoms with Gasteiger partial charge in [-0.3, -0.25) is 14.4 Å². The predicted molar refractivity (Wildman–Crippen MR) is 114 cm³/mol. The molecule has 176 valence electrons. The van der Waals surface area contributed by atoms with Crippen molar-refractivity contribution in [1.29, 1.82) is 0 Å². The maximum Gasteiger partial charge on any atom is 0.435 e. The van der Waals surface area contributed by atoms with Crippen molar-refractivity contribution in [3.8, 4) is 5.69 Å². The molecule has 4 rings (SSSR count). The summed E-state index contributed by atoms with van der Waals surface area (Å²) in [5.74, 6) is -1.10. The number of nitrogens with two attached hydrogens (primary N) is 1. The first kappa shape index (κ1) is 23.0. The summed E-state index contributed by atoms with van der Waals surface area (Å²) < 4.78 is 42.3. The van der Waals surface area contributed by atoms with Crippen LogP contribution in [0.25, 0.3) is 5.69 Å². The number of halogens is 3. The molecule has 0 unspecified atom stereocenters. The molecule has 33 heavy (non-hydrogen) atoms. The quantitative estimate of drug-likeness (QED) is 0.712. The number of aromatic nitrogens is 2. The summed E-state index contributed by atoms with van der Waals surface area (Å²) in [7, 11) is 0. The van der Waals surface area contributed by atoms with E-state index in [4.69, 9.17) is 5.73 Å². The van der Waals surface area contributed by atoms with Gasteiger partial charge in [0.1, 0.15) is 5.78 Å². The van der Waals surface area contributed by atoms with E-state index < -0.39 is 29.0 Å². The molecule has 1 heterocycles. The summed E-state index contributed by atoms with van der Waals surface area (Å²) in [6, 6.07) is 4.35. The van der Waals surface area contributed by atoms with Gasteiger partial charge in [-0.25, -0.2) is 4.68 Å². The van der Waals surface area contributed by atoms with Crippen LogP contribution in [0.4, 0.5) is 18.9 Å². The summed E-state index contributed by atoms with van der Waals surface area (Å²) in [4.78, 5) is 36.2. The number of anilines is 1. The second kappa shape index (κ2) is 8.00. The maximum absolute atomic E-state index is 13.7. The van der Waals surface area contributed by atoms with Gasteiger partial charge in [0.25, 0.3) is 5.91 Å². The topological polar surface area (TPSA) is 107 Å². The third-order valence-corrected chi connectivity index (χ3v) is 6.23. The Morgan fingerprint density at radius 2 is 1.85 bits per heavy atom. The van der Waals surface area contributed by atoms with E-state index in [1.54, 1.807) is 0 Å². The van der Waals surface area contributed by atoms with Crippen LogP contribution in [-0.4, -0.2) is 33.3 Å². The van der Waals surface area contributed by atoms with E-state index in [0.717, 1.165) is 4.68 Å². The molecular weight excluding hydrogens is 437 g/mol. The standard InChI is InChI=1S/C23H25F3N4O3/c1-22(2)10-17-19(18(32)11-22)20(23(24,25)26)29-30(17)13-5-8-15(21(27)33)16(9-13)28-12-3-6-14(31)7-4-12/h5,8-9,12,28H,3-4,6-7,10-11H2,1-2H3,(H2,27,33). The molecule has 3 N–H and O–H groups in total. The summed E-state index contributed by atoms with van der Waals surface area (Å²) in [6.45, 7) is 3.65. The van der Waals surface area contributed by atoms with Crippen LogP contribution >= 0.6 is 0 Å². The number of carbonyl (C=O) groups excluding carboxylic acids is 3. The fraction of sp³-hybridized carbons (Fsp3) is 0.478. The highest BCUT2D eigenvalue weighted by Gasteiger charge is 2.45. The molecule has 0 aliphatic heterocycles. The minimum atomic E-state index is -4.78. The summed E-state index contributed by atoms with van der Waals surface area (Å²) in [5, 5.41) is 7.02. The number of primary amides is 1. The third kappa shape index (κ3) is 4.51. The van der Waals surface area contributed by atoms with Crippen molar-refractivity contribution in [3.05, 3.63) is 40.7 Å². The van der Waals surface area contributed by atoms with Gasteiger partial charge >= 0.3 is 6.18 Å². The van der Waals surface area contributed by atoms with Crippen LogP contribution in [0.1, 0.15) is 78.1 Å². The van der Waals surface area contributed by atoms with Crippen molar-refractivity contribution < 1.29 is 27.6 Å². The van der Waals surface area contributed by atoms with Gasteiger partial charge in [0.15, 0.2) is 11.5 Å². The van der Waals surface area contributed by atoms with E-state index in [9.17, 15) is 27.6 Å². The van der Waals surface area contributed by atoms with Crippen molar-refractivity contribution in [2.24, 2.45) is 11.1 Å². The minimum absolute atomic E-state index is 0.00257. The zero-order chi connectivity index (χ0) is 24.1. The van der Waals surface area contributed by atoms with Crippen LogP contribution in [0.2, 0.25) is 0 Å². The Balaban J connectivity index is 1.81. The molecule has 0 saturated heterocycles. The second-order valence-electron chi connectivity index (χ2n) is 9.57. The smallest absolute Gasteiger partial charge is 0.382 e. The number of rotatable bonds is 4. The van der Waals surface area contributed by atoms with Crippen LogP contribution in [0, 0.1) is 5.41 Å². The molecule has 1 saturated carbocycles. The first-order valence-electron chi connectivity index (χ1n) is 10.8. The number of ketones is 2. The zero-order valence-corrected chi connectivity index (χ0v) is 18.4. The summed E-state index contributed by atoms with van der Waals surface area (Å²) >= 11 is 0. The van der Waals surface area contributed by atoms with Gasteiger partial charge in [-0.2, -0.15) is 18.3 Å². The summed E-state index contributed by atoms with van der Waals surface area (Å²) in [6.07, 6.45) is -2.54. The lowest BCUT2D eigenvalue weighted by molar-refractivity contribution is -0.141. The van der Waals surface area contributed by atoms with Gasteiger partial charge in [-0.05, 0) is 42.9 Å². The number of nitrogens with zero attached hydrogens (tertiary/aromatic N) is 2. The zero-order valence-electron chi connectivity index (χ0n) is 18.4. The molecular formula is C23H25F3N4O3. The summed E-state index contributed by atoms with van der Waals surface area (Å²) in [5.41, 5.74) is 4.43. The van der Waals surface area contributed by atoms with Crippen LogP contribution in [-0.2, 0) is 17.4 Å². The molecule has 1 aromatic heterocycles. The normalized spacial score (nSPS) is 18.8. The fourth-order valence-corrected chi connectivity index (χ4v) is 4.66. The number of hydrogen-bond donors (Lipinski definition) is 2. The van der Waals surface area contributed by atoms with Crippen molar-refractivity contribution >= 4 is 23.2 Å². The van der Waals surface area contributed by atoms with Gasteiger partial charge in [0.2, 0.25) is 0 Å². The monoisotopic (exact) mass is 462 g/mol. The van der Waals surface area contributed by atoms with E-state index in [1.807, 2.05) is 13.8 Å². The molecule has 1 fully saturated rings. The third-order valence-electron chi connectivity index (χ3n) is 6.23. The molecule has 2 aliphatic rings. The SMILES string of the molecule is CC1(C)CC(=O)c2c(C(F)(F)F)nn(-c3ccc(C(N)=O)c(NC4CCC(=O)CC4)c3)c2C1. The molecule has 0 radical (unpaired) electrons. The van der Waals surface area contributed by atoms with E-state index in [-0.39, 0.29) is 47.2 Å². The Bertz CT molecular complexity index is 1140. The Morgan fingerprint density at radius 3 is 2.45 bits per heavy atom. The number of benzene rings is 1. The van der Waals surface area contributed by atoms with Crippen LogP contribution in [0.5, 0.6) is 0 Å². The predicted octanol–water partition coefficient (Wildman–Crippen LogP) is 4.07. The lowest BCUT2D eigenvalue weighted by atomic mass is 9.75. The van der Waals surface area contributed by atoms with Crippen LogP contribution < -0.4 is 11.1 Å². The van der Waals surface area contributed by atoms with Crippen molar-refractivity contribution in [2.75, 3.05) is 5.32 Å². The first-order chi connectivity index (χ1) is 15.4. The van der Waals surface area contributed by atoms with E-state index in [0.29, 0.717) is 31.4 Å². The highest BCUT2D eigenvalue weighted by molar-refractivity contribution is 6.00. The number of amides is 1. The Hall–Kier alpha value is -3.17. The van der Waals surface area contributed by atoms with Crippen molar-refractivity contribution in [3.63, 3.8) is 0 Å². The average molecular weight is 462 g/mol. The lowest BCUT2D eigenvalue weighted by Gasteiger charge is -2.29. The van der Waals surface area contributed by atoms with Gasteiger partial charge in [-0.1, -0.05) is 13.8 Å². The maximum atomic E-state index is 13.7. The minimum Gasteiger partial charge on any atom is -0.382 e. The lowest BCUT2D eigenvalue weighted by Crippen LogP contribution is -2.29. The number of Topliss-reactive ketones (excluding diaryl/α,β-unsaturated/α-hetero) is 2. The molecule has 1 amide bonds. The van der Waals surface area contributed by atoms with Crippen LogP contribution in [0.3, 0.4) is 0 Å². The number of nitrogens with one attached hydrogen (secondary N) is 1. The molecule has 0 bridgehead atoms. The largest absolute Gasteiger partial charge is 0.435 e. The Labute approximate surface area is 188 Å². The van der Waals surface area contributed by atoms with Crippen molar-refractivity contribution in [1.82, 2.24) is 9.78 Å². The van der Waals surface area contributed by atoms with E-state index in [1.165, 1.54) is 18.2 Å². The second-order valence-corrected chi connectivity index (χ2v) is 9.57. The Morgan fingerprint density at radius 1 is 1.18 bits per heavy atom. The van der Waals surface area contributed by atoms with Gasteiger partial charge in [0, 0.05) is 31.0 Å². The molecule has 1 aromatic carbocycles. The van der Waals surface area contributed by atoms with E-state index in [2.05, 4.69) is 10.4 Å². The Kier molecular flexibility index (Phi) is 5.58. The highest BCUT2D eigenvalue weighted by Crippen LogP contribution is 2.42. The average Bonchev–Trinajstić information content (AvgIpc) is 3.08.